The molecule has 6 aromatic carbocycles. The molecule has 0 fully saturated rings. The number of hydrogen-bond donors (Lipinski definition) is 4. The number of aliphatic imine (C=N–C) groups is 3. The third kappa shape index (κ3) is 25.7. The van der Waals surface area contributed by atoms with E-state index in [1.165, 1.54) is 68.8 Å². The number of benzene rings is 6. The second-order valence-electron chi connectivity index (χ2n) is 26.5. The number of nitrogens with one attached hydrogen (secondary N) is 2. The Morgan fingerprint density at radius 1 is 0.512 bits per heavy atom. The molecule has 9 aromatic rings. The maximum Gasteiger partial charge on any atom is 0.407 e. The number of carbonyl (C=O) groups excluding carboxylic acids is 5. The molecule has 0 bridgehead atoms. The van der Waals surface area contributed by atoms with E-state index in [0.29, 0.717) is 47.2 Å². The summed E-state index contributed by atoms with van der Waals surface area (Å²) in [6.07, 6.45) is 9.73. The lowest BCUT2D eigenvalue weighted by Crippen LogP contribution is -2.42. The molecule has 35 heteroatoms. The highest BCUT2D eigenvalue weighted by Gasteiger charge is 2.32. The number of nitrogens with two attached hydrogens (primary N) is 1. The van der Waals surface area contributed by atoms with E-state index < -0.39 is 92.7 Å². The average molecular weight is 1680 g/mol. The van der Waals surface area contributed by atoms with Gasteiger partial charge in [0.15, 0.2) is 40.5 Å². The highest BCUT2D eigenvalue weighted by Crippen LogP contribution is 2.45. The number of para-hydroxylation sites is 3. The number of hydrogen-bond acceptors (Lipinski definition) is 20. The molecule has 12 rings (SSSR count). The standard InChI is InChI=1S/C32H32F2N4O6.C20H13F2N3O4.C20H15F2N3O2.C11H18N2O5.3CH4/c1-37(2)28(40)14-8-7-13-26(36-32(42)43-3)27(39)16-20-10-9-15-38(31(20)41)19-21-17-23-24(33)18-25(34)30(29(23)35-21)44-22-11-5-4-6-12-22;21-15-10-16(22)19(29-13-5-2-1-3-6-13)18-14(15)9-12(23-18)11-24-8-4-7-17(20(24)26)25(27)28;21-15-10-16(22)19(27-13-5-2-1-3-6-13)18-14(15)9-12(24-18)11-25-8-4-7-17(23)20(25)26;1-13(2)9(14)7-5-4-6-8(10(15)16)12-11(17)18-3;;;/h4-6,8-12,14-15,18,26H,7,13,16-17,19H2,1-3H3,(H,36,42);1-8,10H,9,11H2;1-8,10H,9,11,23H2;5,7-8H,4,6H2,1-3H3,(H,12,17)(H,15,16);3*1H4/b14-8+;;;7-5+;;;/t26-;;;8-;;;/m0..0.../s1. The maximum absolute atomic E-state index is 14.7. The number of methoxy groups -OCH3 is 2. The fourth-order valence-corrected chi connectivity index (χ4v) is 11.7. The van der Waals surface area contributed by atoms with Crippen molar-refractivity contribution in [1.29, 1.82) is 0 Å². The van der Waals surface area contributed by atoms with Crippen LogP contribution in [0.3, 0.4) is 0 Å². The van der Waals surface area contributed by atoms with Gasteiger partial charge in [0.05, 0.1) is 50.5 Å². The molecule has 2 atom stereocenters. The second-order valence-corrected chi connectivity index (χ2v) is 26.5. The smallest absolute Gasteiger partial charge is 0.407 e. The Labute approximate surface area is 691 Å². The number of aliphatic carboxylic acids is 1. The number of nitrogen functional groups attached to an aromatic ring is 1. The number of Topliss-reactive ketones (excluding diaryl/α,β-unsaturated/α-hetero) is 1. The lowest BCUT2D eigenvalue weighted by Gasteiger charge is -2.16. The number of rotatable bonds is 27. The molecule has 3 aliphatic rings. The number of aromatic nitrogens is 3. The Morgan fingerprint density at radius 3 is 1.22 bits per heavy atom. The van der Waals surface area contributed by atoms with Gasteiger partial charge >= 0.3 is 29.4 Å². The second kappa shape index (κ2) is 44.7. The number of nitrogens with zero attached hydrogens (tertiary/aromatic N) is 9. The molecular weight excluding hydrogens is 1590 g/mol. The number of nitro groups is 1. The summed E-state index contributed by atoms with van der Waals surface area (Å²) in [4.78, 5) is 133. The van der Waals surface area contributed by atoms with Crippen LogP contribution in [-0.4, -0.2) is 141 Å². The fraction of sp³-hybridized carbons (Fsp3) is 0.256. The van der Waals surface area contributed by atoms with Crippen molar-refractivity contribution in [2.24, 2.45) is 15.0 Å². The van der Waals surface area contributed by atoms with Gasteiger partial charge < -0.3 is 68.7 Å². The highest BCUT2D eigenvalue weighted by molar-refractivity contribution is 5.97. The number of anilines is 1. The number of carboxylic acids is 1. The van der Waals surface area contributed by atoms with E-state index in [9.17, 15) is 79.6 Å². The van der Waals surface area contributed by atoms with E-state index in [-0.39, 0.29) is 160 Å². The summed E-state index contributed by atoms with van der Waals surface area (Å²) < 4.78 is 116. The summed E-state index contributed by atoms with van der Waals surface area (Å²) in [6, 6.07) is 34.5. The van der Waals surface area contributed by atoms with Crippen molar-refractivity contribution < 1.29 is 88.8 Å². The van der Waals surface area contributed by atoms with Gasteiger partial charge in [-0.15, -0.1) is 0 Å². The topological polar surface area (TPSA) is 372 Å². The van der Waals surface area contributed by atoms with Gasteiger partial charge in [0.1, 0.15) is 57.8 Å². The predicted molar refractivity (Wildman–Crippen MR) is 444 cm³/mol. The lowest BCUT2D eigenvalue weighted by molar-refractivity contribution is -0.386. The summed E-state index contributed by atoms with van der Waals surface area (Å²) in [5.74, 6) is -6.26. The van der Waals surface area contributed by atoms with Gasteiger partial charge in [0.25, 0.3) is 11.1 Å². The van der Waals surface area contributed by atoms with Crippen molar-refractivity contribution in [1.82, 2.24) is 34.1 Å². The van der Waals surface area contributed by atoms with Gasteiger partial charge in [0.2, 0.25) is 11.8 Å². The minimum absolute atomic E-state index is 0. The van der Waals surface area contributed by atoms with E-state index >= 15 is 0 Å². The molecule has 0 radical (unpaired) electrons. The molecule has 638 valence electrons. The molecular formula is C86H90F6N12O17. The third-order valence-corrected chi connectivity index (χ3v) is 17.7. The minimum Gasteiger partial charge on any atom is -0.480 e. The molecule has 0 spiro atoms. The number of carbonyl (C=O) groups is 6. The maximum atomic E-state index is 14.7. The summed E-state index contributed by atoms with van der Waals surface area (Å²) in [6.45, 7) is 0.00133. The van der Waals surface area contributed by atoms with E-state index in [1.807, 2.05) is 0 Å². The minimum atomic E-state index is -1.15. The number of halogens is 6. The van der Waals surface area contributed by atoms with Crippen LogP contribution < -0.4 is 47.3 Å². The summed E-state index contributed by atoms with van der Waals surface area (Å²) in [5, 5.41) is 24.5. The van der Waals surface area contributed by atoms with E-state index in [2.05, 4.69) is 35.1 Å². The number of carboxylic acid groups (broad SMARTS) is 1. The number of ketones is 1. The molecule has 0 saturated heterocycles. The average Bonchev–Trinajstić information content (AvgIpc) is 1.61. The number of fused-ring (bicyclic) bond motifs is 3. The van der Waals surface area contributed by atoms with Crippen molar-refractivity contribution in [3.8, 4) is 34.5 Å². The van der Waals surface area contributed by atoms with Crippen LogP contribution in [0.2, 0.25) is 0 Å². The van der Waals surface area contributed by atoms with E-state index in [1.54, 1.807) is 150 Å². The molecule has 5 N–H and O–H groups in total. The molecule has 29 nitrogen and oxygen atoms in total. The first kappa shape index (κ1) is 95.3. The zero-order chi connectivity index (χ0) is 85.4. The van der Waals surface area contributed by atoms with Gasteiger partial charge in [-0.25, -0.2) is 40.7 Å². The Bertz CT molecular complexity index is 5600. The quantitative estimate of drug-likeness (QED) is 0.0161. The van der Waals surface area contributed by atoms with E-state index in [0.717, 1.165) is 35.9 Å². The van der Waals surface area contributed by atoms with E-state index in [4.69, 9.17) is 25.1 Å². The molecule has 3 aliphatic heterocycles. The van der Waals surface area contributed by atoms with Crippen LogP contribution in [0.4, 0.5) is 64.4 Å². The van der Waals surface area contributed by atoms with Crippen molar-refractivity contribution in [2.75, 3.05) is 48.1 Å². The van der Waals surface area contributed by atoms with Gasteiger partial charge in [-0.05, 0) is 98.5 Å². The Hall–Kier alpha value is -14.5. The zero-order valence-corrected chi connectivity index (χ0v) is 64.2. The number of likely N-dealkylation sites (N-methyl/N-ethyl adjacent to an activating group) is 2. The van der Waals surface area contributed by atoms with Gasteiger partial charge in [-0.2, -0.15) is 0 Å². The lowest BCUT2D eigenvalue weighted by atomic mass is 10.0. The van der Waals surface area contributed by atoms with Crippen molar-refractivity contribution in [3.05, 3.63) is 287 Å². The van der Waals surface area contributed by atoms with Crippen LogP contribution in [-0.2, 0) is 74.0 Å². The molecule has 4 amide bonds. The van der Waals surface area contributed by atoms with Crippen molar-refractivity contribution in [2.45, 2.75) is 105 Å². The van der Waals surface area contributed by atoms with Gasteiger partial charge in [-0.3, -0.25) is 53.9 Å². The molecule has 3 aromatic heterocycles. The van der Waals surface area contributed by atoms with Gasteiger partial charge in [0, 0.05) is 136 Å². The van der Waals surface area contributed by atoms with Crippen LogP contribution in [0.5, 0.6) is 34.5 Å². The Morgan fingerprint density at radius 2 is 0.860 bits per heavy atom. The Balaban J connectivity index is 0.000000260. The molecule has 0 aliphatic carbocycles. The summed E-state index contributed by atoms with van der Waals surface area (Å²) in [7, 11) is 8.78. The van der Waals surface area contributed by atoms with Crippen LogP contribution in [0.15, 0.2) is 218 Å². The van der Waals surface area contributed by atoms with Crippen LogP contribution in [0, 0.1) is 45.0 Å². The van der Waals surface area contributed by atoms with Gasteiger partial charge in [-0.1, -0.05) is 95.1 Å². The molecule has 0 saturated carbocycles. The first-order valence-electron chi connectivity index (χ1n) is 36.0. The monoisotopic (exact) mass is 1680 g/mol. The Kier molecular flexibility index (Phi) is 35.2. The first-order chi connectivity index (χ1) is 56.4. The molecule has 121 heavy (non-hydrogen) atoms. The zero-order valence-electron chi connectivity index (χ0n) is 64.2. The number of allylic oxidation sites excluding steroid dienone is 2. The number of pyridine rings is 3. The number of amides is 4. The summed E-state index contributed by atoms with van der Waals surface area (Å²) >= 11 is 0. The van der Waals surface area contributed by atoms with Crippen LogP contribution in [0.1, 0.15) is 70.2 Å². The van der Waals surface area contributed by atoms with Crippen LogP contribution in [0.25, 0.3) is 0 Å². The molecule has 0 unspecified atom stereocenters. The summed E-state index contributed by atoms with van der Waals surface area (Å²) in [5.41, 5.74) is 5.68. The number of ether oxygens (including phenoxy) is 5. The van der Waals surface area contributed by atoms with Crippen molar-refractivity contribution >= 4 is 81.3 Å². The van der Waals surface area contributed by atoms with Crippen molar-refractivity contribution in [3.63, 3.8) is 0 Å². The first-order valence-corrected chi connectivity index (χ1v) is 36.0. The molecule has 6 heterocycles. The normalized spacial score (nSPS) is 12.2. The third-order valence-electron chi connectivity index (χ3n) is 17.7. The predicted octanol–water partition coefficient (Wildman–Crippen LogP) is 14.6. The highest BCUT2D eigenvalue weighted by atomic mass is 19.2. The SMILES string of the molecule is C.C.C.COC(=O)N[C@@H](CC/C=C/C(=O)N(C)C)C(=O)Cc1cccn(CC2=Nc3c(c(F)cc(F)c3Oc3ccccc3)C2)c1=O.COC(=O)N[C@@H](CC/C=C/C(=O)N(C)C)C(=O)O.Nc1cccn(CC2=Nc3c(c(F)cc(F)c3Oc3ccccc3)C2)c1=O.O=c1c([N+](=O)[O-])cccn1CC1=Nc2c(c(F)cc(F)c2Oc2ccccc2)C1. The largest absolute Gasteiger partial charge is 0.480 e. The fourth-order valence-electron chi connectivity index (χ4n) is 11.7. The number of alkyl carbamates (subject to hydrolysis) is 2. The van der Waals surface area contributed by atoms with Crippen LogP contribution >= 0.6 is 0 Å².